The fourth-order valence-electron chi connectivity index (χ4n) is 3.87. The standard InChI is InChI=1S/C24H28ClF2N3O4S/c1-2-30(23(31)21(28)14-34-13-17-6-4-3-5-7-17)12-20-22(18-8-10-19(25)11-9-18)35(32,33)29-24(20,15-26)16-27/h3-11,21,29H,2,12-16,28H2,1H3/t21-/m1/s1. The van der Waals surface area contributed by atoms with Crippen LogP contribution in [0.25, 0.3) is 4.91 Å². The maximum atomic E-state index is 14.2. The van der Waals surface area contributed by atoms with Crippen molar-refractivity contribution in [3.05, 3.63) is 76.3 Å². The molecule has 11 heteroatoms. The van der Waals surface area contributed by atoms with E-state index in [1.54, 1.807) is 6.92 Å². The number of likely N-dealkylation sites (N-methyl/N-ethyl adjacent to an activating group) is 1. The highest BCUT2D eigenvalue weighted by Crippen LogP contribution is 2.39. The molecule has 0 aliphatic carbocycles. The summed E-state index contributed by atoms with van der Waals surface area (Å²) in [5, 5.41) is 0.369. The second-order valence-corrected chi connectivity index (χ2v) is 10.3. The zero-order valence-corrected chi connectivity index (χ0v) is 20.8. The lowest BCUT2D eigenvalue weighted by atomic mass is 9.90. The maximum Gasteiger partial charge on any atom is 0.242 e. The van der Waals surface area contributed by atoms with Gasteiger partial charge in [0.05, 0.1) is 18.1 Å². The van der Waals surface area contributed by atoms with E-state index in [9.17, 15) is 22.0 Å². The first-order valence-electron chi connectivity index (χ1n) is 11.0. The molecule has 0 saturated heterocycles. The van der Waals surface area contributed by atoms with Gasteiger partial charge in [-0.2, -0.15) is 4.72 Å². The summed E-state index contributed by atoms with van der Waals surface area (Å²) in [7, 11) is -4.27. The molecular formula is C24H28ClF2N3O4S. The molecule has 0 unspecified atom stereocenters. The molecule has 35 heavy (non-hydrogen) atoms. The number of sulfonamides is 1. The van der Waals surface area contributed by atoms with E-state index in [1.165, 1.54) is 29.2 Å². The first kappa shape index (κ1) is 27.2. The van der Waals surface area contributed by atoms with Crippen LogP contribution in [0.4, 0.5) is 8.78 Å². The molecule has 1 heterocycles. The van der Waals surface area contributed by atoms with E-state index < -0.39 is 40.9 Å². The molecule has 0 aromatic heterocycles. The molecular weight excluding hydrogens is 500 g/mol. The van der Waals surface area contributed by atoms with Gasteiger partial charge in [0.1, 0.15) is 24.9 Å². The van der Waals surface area contributed by atoms with Crippen LogP contribution in [-0.2, 0) is 26.2 Å². The molecule has 0 spiro atoms. The summed E-state index contributed by atoms with van der Waals surface area (Å²) in [5.41, 5.74) is 4.97. The lowest BCUT2D eigenvalue weighted by Crippen LogP contribution is -2.53. The average molecular weight is 528 g/mol. The van der Waals surface area contributed by atoms with Crippen LogP contribution in [0.2, 0.25) is 5.02 Å². The minimum absolute atomic E-state index is 0.0821. The van der Waals surface area contributed by atoms with Gasteiger partial charge in [-0.15, -0.1) is 0 Å². The number of nitrogens with zero attached hydrogens (tertiary/aromatic N) is 1. The van der Waals surface area contributed by atoms with E-state index in [0.717, 1.165) is 5.56 Å². The number of amides is 1. The number of hydrogen-bond acceptors (Lipinski definition) is 5. The van der Waals surface area contributed by atoms with Gasteiger partial charge in [0.15, 0.2) is 0 Å². The number of nitrogens with two attached hydrogens (primary N) is 1. The Morgan fingerprint density at radius 1 is 1.14 bits per heavy atom. The molecule has 3 rings (SSSR count). The zero-order chi connectivity index (χ0) is 25.6. The fraction of sp³-hybridized carbons (Fsp3) is 0.375. The number of alkyl halides is 2. The summed E-state index contributed by atoms with van der Waals surface area (Å²) in [4.78, 5) is 14.1. The fourth-order valence-corrected chi connectivity index (χ4v) is 5.88. The van der Waals surface area contributed by atoms with Crippen molar-refractivity contribution in [2.45, 2.75) is 25.1 Å². The second kappa shape index (κ2) is 11.6. The Kier molecular flexibility index (Phi) is 9.00. The molecule has 0 bridgehead atoms. The number of rotatable bonds is 11. The van der Waals surface area contributed by atoms with Gasteiger partial charge in [-0.1, -0.05) is 54.1 Å². The maximum absolute atomic E-state index is 14.2. The predicted molar refractivity (Wildman–Crippen MR) is 131 cm³/mol. The molecule has 0 radical (unpaired) electrons. The van der Waals surface area contributed by atoms with E-state index in [4.69, 9.17) is 22.1 Å². The number of carbonyl (C=O) groups excluding carboxylic acids is 1. The van der Waals surface area contributed by atoms with E-state index in [2.05, 4.69) is 4.72 Å². The number of benzene rings is 2. The van der Waals surface area contributed by atoms with Gasteiger partial charge in [0.2, 0.25) is 15.9 Å². The van der Waals surface area contributed by atoms with Gasteiger partial charge < -0.3 is 15.4 Å². The Bertz CT molecular complexity index is 1160. The van der Waals surface area contributed by atoms with Gasteiger partial charge >= 0.3 is 0 Å². The van der Waals surface area contributed by atoms with Crippen molar-refractivity contribution in [1.29, 1.82) is 0 Å². The van der Waals surface area contributed by atoms with E-state index in [0.29, 0.717) is 5.02 Å². The molecule has 2 aromatic rings. The normalized spacial score (nSPS) is 17.4. The van der Waals surface area contributed by atoms with Crippen molar-refractivity contribution in [3.8, 4) is 0 Å². The number of carbonyl (C=O) groups is 1. The third-order valence-electron chi connectivity index (χ3n) is 5.78. The van der Waals surface area contributed by atoms with Gasteiger partial charge in [0, 0.05) is 18.1 Å². The van der Waals surface area contributed by atoms with Crippen LogP contribution in [0.5, 0.6) is 0 Å². The Morgan fingerprint density at radius 2 is 1.77 bits per heavy atom. The van der Waals surface area contributed by atoms with Crippen LogP contribution in [0.1, 0.15) is 18.1 Å². The highest BCUT2D eigenvalue weighted by molar-refractivity contribution is 7.99. The molecule has 190 valence electrons. The molecule has 0 saturated carbocycles. The minimum Gasteiger partial charge on any atom is -0.375 e. The number of nitrogens with one attached hydrogen (secondary N) is 1. The SMILES string of the molecule is CCN(CC1=C(c2ccc(Cl)cc2)S(=O)(=O)NC1(CF)CF)C(=O)[C@H](N)COCc1ccccc1. The number of halogens is 3. The van der Waals surface area contributed by atoms with Crippen LogP contribution in [0, 0.1) is 0 Å². The van der Waals surface area contributed by atoms with Crippen LogP contribution in [-0.4, -0.2) is 63.9 Å². The molecule has 2 aromatic carbocycles. The Morgan fingerprint density at radius 3 is 2.34 bits per heavy atom. The van der Waals surface area contributed by atoms with Crippen molar-refractivity contribution >= 4 is 32.4 Å². The number of hydrogen-bond donors (Lipinski definition) is 2. The van der Waals surface area contributed by atoms with E-state index >= 15 is 0 Å². The second-order valence-electron chi connectivity index (χ2n) is 8.23. The summed E-state index contributed by atoms with van der Waals surface area (Å²) in [5.74, 6) is -0.528. The summed E-state index contributed by atoms with van der Waals surface area (Å²) in [6.07, 6.45) is 0. The van der Waals surface area contributed by atoms with Crippen LogP contribution in [0.15, 0.2) is 60.2 Å². The van der Waals surface area contributed by atoms with Gasteiger partial charge in [0.25, 0.3) is 0 Å². The monoisotopic (exact) mass is 527 g/mol. The largest absolute Gasteiger partial charge is 0.375 e. The topological polar surface area (TPSA) is 102 Å². The summed E-state index contributed by atoms with van der Waals surface area (Å²) in [6, 6.07) is 14.1. The molecule has 1 aliphatic heterocycles. The minimum atomic E-state index is -4.27. The lowest BCUT2D eigenvalue weighted by Gasteiger charge is -2.31. The third kappa shape index (κ3) is 6.07. The molecule has 0 fully saturated rings. The Labute approximate surface area is 208 Å². The van der Waals surface area contributed by atoms with Crippen molar-refractivity contribution in [1.82, 2.24) is 9.62 Å². The highest BCUT2D eigenvalue weighted by Gasteiger charge is 2.50. The molecule has 3 N–H and O–H groups in total. The summed E-state index contributed by atoms with van der Waals surface area (Å²) in [6.45, 7) is -1.01. The Balaban J connectivity index is 1.87. The van der Waals surface area contributed by atoms with E-state index in [-0.39, 0.29) is 42.3 Å². The first-order chi connectivity index (χ1) is 16.7. The molecule has 1 aliphatic rings. The van der Waals surface area contributed by atoms with Crippen molar-refractivity contribution in [3.63, 3.8) is 0 Å². The quantitative estimate of drug-likeness (QED) is 0.468. The van der Waals surface area contributed by atoms with Crippen molar-refractivity contribution < 1.29 is 26.7 Å². The predicted octanol–water partition coefficient (Wildman–Crippen LogP) is 3.05. The van der Waals surface area contributed by atoms with Crippen LogP contribution >= 0.6 is 11.6 Å². The third-order valence-corrected chi connectivity index (χ3v) is 7.71. The zero-order valence-electron chi connectivity index (χ0n) is 19.2. The highest BCUT2D eigenvalue weighted by atomic mass is 35.5. The van der Waals surface area contributed by atoms with Crippen LogP contribution in [0.3, 0.4) is 0 Å². The van der Waals surface area contributed by atoms with Crippen molar-refractivity contribution in [2.75, 3.05) is 33.0 Å². The van der Waals surface area contributed by atoms with E-state index in [1.807, 2.05) is 30.3 Å². The lowest BCUT2D eigenvalue weighted by molar-refractivity contribution is -0.133. The van der Waals surface area contributed by atoms with Crippen molar-refractivity contribution in [2.24, 2.45) is 5.73 Å². The first-order valence-corrected chi connectivity index (χ1v) is 12.8. The Hall–Kier alpha value is -2.37. The molecule has 1 atom stereocenters. The summed E-state index contributed by atoms with van der Waals surface area (Å²) >= 11 is 5.92. The number of ether oxygens (including phenoxy) is 1. The van der Waals surface area contributed by atoms with Crippen LogP contribution < -0.4 is 10.5 Å². The smallest absolute Gasteiger partial charge is 0.242 e. The van der Waals surface area contributed by atoms with Gasteiger partial charge in [-0.05, 0) is 35.8 Å². The average Bonchev–Trinajstić information content (AvgIpc) is 3.09. The van der Waals surface area contributed by atoms with Gasteiger partial charge in [-0.25, -0.2) is 17.2 Å². The summed E-state index contributed by atoms with van der Waals surface area (Å²) < 4.78 is 61.9. The molecule has 1 amide bonds. The van der Waals surface area contributed by atoms with Gasteiger partial charge in [-0.3, -0.25) is 4.79 Å². The molecule has 7 nitrogen and oxygen atoms in total.